The number of rotatable bonds is 8. The van der Waals surface area contributed by atoms with Crippen LogP contribution in [0.2, 0.25) is 0 Å². The van der Waals surface area contributed by atoms with Gasteiger partial charge in [0.15, 0.2) is 6.17 Å². The van der Waals surface area contributed by atoms with Crippen molar-refractivity contribution in [3.63, 3.8) is 0 Å². The maximum Gasteiger partial charge on any atom is 0.152 e. The molecule has 2 atom stereocenters. The number of furan rings is 1. The molecule has 2 N–H and O–H groups in total. The highest BCUT2D eigenvalue weighted by Gasteiger charge is 2.37. The summed E-state index contributed by atoms with van der Waals surface area (Å²) in [6.45, 7) is 0. The summed E-state index contributed by atoms with van der Waals surface area (Å²) in [5.74, 6) is 1.74. The Balaban J connectivity index is 1.04. The van der Waals surface area contributed by atoms with Crippen LogP contribution in [0, 0.1) is 0 Å². The number of amidine groups is 1. The zero-order valence-corrected chi connectivity index (χ0v) is 31.6. The minimum absolute atomic E-state index is 0.207. The molecular weight excluding hydrogens is 709 g/mol. The van der Waals surface area contributed by atoms with Crippen molar-refractivity contribution < 1.29 is 4.42 Å². The second-order valence-corrected chi connectivity index (χ2v) is 14.9. The maximum atomic E-state index is 7.21. The van der Waals surface area contributed by atoms with Gasteiger partial charge in [-0.2, -0.15) is 0 Å². The van der Waals surface area contributed by atoms with Gasteiger partial charge in [-0.3, -0.25) is 0 Å². The second kappa shape index (κ2) is 13.9. The molecule has 5 nitrogen and oxygen atoms in total. The van der Waals surface area contributed by atoms with E-state index in [1.165, 1.54) is 5.56 Å². The van der Waals surface area contributed by atoms with Crippen LogP contribution < -0.4 is 5.73 Å². The zero-order valence-electron chi connectivity index (χ0n) is 31.6. The number of aliphatic imine (C=N–C) groups is 1. The van der Waals surface area contributed by atoms with Gasteiger partial charge in [0.2, 0.25) is 0 Å². The smallest absolute Gasteiger partial charge is 0.152 e. The summed E-state index contributed by atoms with van der Waals surface area (Å²) >= 11 is 0. The Kier molecular flexibility index (Phi) is 8.12. The summed E-state index contributed by atoms with van der Waals surface area (Å²) in [4.78, 5) is 7.50. The van der Waals surface area contributed by atoms with E-state index in [-0.39, 0.29) is 6.17 Å². The standard InChI is InChI=1S/C53H38N4O/c54-51(39-30-28-36(29-31-39)35-16-5-1-6-17-35)57-52(40-22-11-4-12-23-40)55-53(57)41-24-15-25-42(34-41)56-45-27-14-13-26-43(45)48-46(56)33-32-44-47(37-18-7-2-8-19-37)49(58-50(44)48)38-20-9-3-10-21-38/h1-34,51-52H,54H2/t51?,52-/m1/s1. The summed E-state index contributed by atoms with van der Waals surface area (Å²) in [5.41, 5.74) is 20.0. The van der Waals surface area contributed by atoms with Crippen molar-refractivity contribution >= 4 is 38.6 Å². The summed E-state index contributed by atoms with van der Waals surface area (Å²) in [6, 6.07) is 72.2. The fourth-order valence-corrected chi connectivity index (χ4v) is 8.69. The van der Waals surface area contributed by atoms with Crippen LogP contribution in [-0.2, 0) is 0 Å². The molecule has 0 saturated heterocycles. The number of nitrogens with zero attached hydrogens (tertiary/aromatic N) is 3. The van der Waals surface area contributed by atoms with Gasteiger partial charge in [0, 0.05) is 33.2 Å². The maximum absolute atomic E-state index is 7.21. The molecule has 1 aliphatic rings. The Labute approximate surface area is 336 Å². The van der Waals surface area contributed by atoms with E-state index in [1.807, 2.05) is 18.2 Å². The highest BCUT2D eigenvalue weighted by molar-refractivity contribution is 6.22. The molecule has 58 heavy (non-hydrogen) atoms. The first-order chi connectivity index (χ1) is 28.7. The van der Waals surface area contributed by atoms with Crippen LogP contribution in [0.4, 0.5) is 0 Å². The third-order valence-electron chi connectivity index (χ3n) is 11.5. The zero-order chi connectivity index (χ0) is 38.6. The van der Waals surface area contributed by atoms with Crippen molar-refractivity contribution in [2.75, 3.05) is 0 Å². The van der Waals surface area contributed by atoms with Crippen LogP contribution in [0.5, 0.6) is 0 Å². The molecule has 1 unspecified atom stereocenters. The molecule has 0 saturated carbocycles. The number of fused-ring (bicyclic) bond motifs is 5. The van der Waals surface area contributed by atoms with E-state index in [9.17, 15) is 0 Å². The summed E-state index contributed by atoms with van der Waals surface area (Å²) in [5, 5.41) is 3.31. The molecule has 2 aromatic heterocycles. The number of aromatic nitrogens is 1. The van der Waals surface area contributed by atoms with Crippen LogP contribution in [-0.4, -0.2) is 15.3 Å². The third-order valence-corrected chi connectivity index (χ3v) is 11.5. The summed E-state index contributed by atoms with van der Waals surface area (Å²) < 4.78 is 9.36. The van der Waals surface area contributed by atoms with Gasteiger partial charge in [-0.25, -0.2) is 4.99 Å². The van der Waals surface area contributed by atoms with Gasteiger partial charge in [0.25, 0.3) is 0 Å². The SMILES string of the molecule is NC(c1ccc(-c2ccccc2)cc1)N1C(c2cccc(-n3c4ccccc4c4c5oc(-c6ccccc6)c(-c6ccccc6)c5ccc43)c2)=N[C@H]1c1ccccc1. The molecule has 0 amide bonds. The molecule has 5 heteroatoms. The quantitative estimate of drug-likeness (QED) is 0.168. The van der Waals surface area contributed by atoms with Crippen molar-refractivity contribution in [1.82, 2.24) is 9.47 Å². The van der Waals surface area contributed by atoms with E-state index in [0.29, 0.717) is 0 Å². The first-order valence-electron chi connectivity index (χ1n) is 19.7. The molecule has 1 aliphatic heterocycles. The Morgan fingerprint density at radius 2 is 1.10 bits per heavy atom. The molecule has 0 fully saturated rings. The monoisotopic (exact) mass is 746 g/mol. The first-order valence-corrected chi connectivity index (χ1v) is 19.7. The normalized spacial score (nSPS) is 14.5. The topological polar surface area (TPSA) is 59.7 Å². The highest BCUT2D eigenvalue weighted by Crippen LogP contribution is 2.46. The molecule has 276 valence electrons. The van der Waals surface area contributed by atoms with Crippen molar-refractivity contribution in [2.24, 2.45) is 10.7 Å². The van der Waals surface area contributed by atoms with E-state index in [1.54, 1.807) is 0 Å². The molecular formula is C53H38N4O. The lowest BCUT2D eigenvalue weighted by molar-refractivity contribution is 0.207. The number of hydrogen-bond donors (Lipinski definition) is 1. The fraction of sp³-hybridized carbons (Fsp3) is 0.0377. The third kappa shape index (κ3) is 5.55. The van der Waals surface area contributed by atoms with Crippen LogP contribution in [0.25, 0.3) is 72.0 Å². The van der Waals surface area contributed by atoms with Crippen LogP contribution in [0.3, 0.4) is 0 Å². The molecule has 0 bridgehead atoms. The summed E-state index contributed by atoms with van der Waals surface area (Å²) in [6.07, 6.45) is -0.619. The van der Waals surface area contributed by atoms with Crippen molar-refractivity contribution in [1.29, 1.82) is 0 Å². The van der Waals surface area contributed by atoms with Gasteiger partial charge < -0.3 is 19.6 Å². The van der Waals surface area contributed by atoms with E-state index in [2.05, 4.69) is 198 Å². The molecule has 0 spiro atoms. The van der Waals surface area contributed by atoms with E-state index in [4.69, 9.17) is 15.1 Å². The minimum atomic E-state index is -0.413. The number of para-hydroxylation sites is 1. The van der Waals surface area contributed by atoms with Gasteiger partial charge in [-0.15, -0.1) is 0 Å². The first kappa shape index (κ1) is 33.8. The number of hydrogen-bond acceptors (Lipinski definition) is 4. The molecule has 8 aromatic carbocycles. The van der Waals surface area contributed by atoms with Gasteiger partial charge in [0.1, 0.15) is 23.3 Å². The van der Waals surface area contributed by atoms with Crippen molar-refractivity contribution in [3.05, 3.63) is 223 Å². The Morgan fingerprint density at radius 3 is 1.83 bits per heavy atom. The molecule has 0 radical (unpaired) electrons. The van der Waals surface area contributed by atoms with E-state index < -0.39 is 6.17 Å². The molecule has 11 rings (SSSR count). The Hall–Kier alpha value is -7.47. The van der Waals surface area contributed by atoms with Gasteiger partial charge >= 0.3 is 0 Å². The second-order valence-electron chi connectivity index (χ2n) is 14.9. The van der Waals surface area contributed by atoms with Crippen LogP contribution in [0.1, 0.15) is 29.0 Å². The lowest BCUT2D eigenvalue weighted by Crippen LogP contribution is -2.48. The average molecular weight is 747 g/mol. The number of nitrogens with two attached hydrogens (primary N) is 1. The largest absolute Gasteiger partial charge is 0.455 e. The molecule has 0 aliphatic carbocycles. The molecule has 3 heterocycles. The molecule has 10 aromatic rings. The van der Waals surface area contributed by atoms with Gasteiger partial charge in [-0.1, -0.05) is 176 Å². The predicted octanol–water partition coefficient (Wildman–Crippen LogP) is 12.9. The minimum Gasteiger partial charge on any atom is -0.455 e. The van der Waals surface area contributed by atoms with Crippen molar-refractivity contribution in [2.45, 2.75) is 12.3 Å². The van der Waals surface area contributed by atoms with Gasteiger partial charge in [-0.05, 0) is 58.1 Å². The van der Waals surface area contributed by atoms with Crippen LogP contribution >= 0.6 is 0 Å². The highest BCUT2D eigenvalue weighted by atomic mass is 16.3. The number of benzene rings is 8. The summed E-state index contributed by atoms with van der Waals surface area (Å²) in [7, 11) is 0. The van der Waals surface area contributed by atoms with Crippen molar-refractivity contribution in [3.8, 4) is 39.3 Å². The van der Waals surface area contributed by atoms with E-state index >= 15 is 0 Å². The predicted molar refractivity (Wildman–Crippen MR) is 238 cm³/mol. The lowest BCUT2D eigenvalue weighted by atomic mass is 9.98. The fourth-order valence-electron chi connectivity index (χ4n) is 8.69. The Morgan fingerprint density at radius 1 is 0.500 bits per heavy atom. The Bertz CT molecular complexity index is 3110. The lowest BCUT2D eigenvalue weighted by Gasteiger charge is -2.44. The van der Waals surface area contributed by atoms with E-state index in [0.717, 1.165) is 89.0 Å². The van der Waals surface area contributed by atoms with Gasteiger partial charge in [0.05, 0.1) is 16.4 Å². The van der Waals surface area contributed by atoms with Crippen LogP contribution in [0.15, 0.2) is 216 Å². The average Bonchev–Trinajstić information content (AvgIpc) is 3.84.